The van der Waals surface area contributed by atoms with E-state index in [1.54, 1.807) is 12.1 Å². The fraction of sp³-hybridized carbons (Fsp3) is 0.111. The molecule has 0 atom stereocenters. The standard InChI is InChI=1S/C18H11F6N3O2/c19-17(20,21)11-3-5-15(14(8-11)18(22,23)24)27-10-12(9-25-27)26-16(28)6-4-13-2-1-7-29-13/h1-10H,(H,26,28)/b6-4+. The lowest BCUT2D eigenvalue weighted by Crippen LogP contribution is -2.14. The molecule has 1 aromatic carbocycles. The molecule has 2 aromatic heterocycles. The number of anilines is 1. The number of alkyl halides is 6. The predicted octanol–water partition coefficient (Wildman–Crippen LogP) is 5.15. The third kappa shape index (κ3) is 4.86. The van der Waals surface area contributed by atoms with E-state index >= 15 is 0 Å². The van der Waals surface area contributed by atoms with Crippen molar-refractivity contribution in [3.05, 3.63) is 72.0 Å². The van der Waals surface area contributed by atoms with Gasteiger partial charge in [-0.15, -0.1) is 0 Å². The number of benzene rings is 1. The van der Waals surface area contributed by atoms with E-state index in [-0.39, 0.29) is 11.8 Å². The van der Waals surface area contributed by atoms with E-state index < -0.39 is 35.1 Å². The Morgan fingerprint density at radius 1 is 1.10 bits per heavy atom. The molecule has 152 valence electrons. The zero-order valence-corrected chi connectivity index (χ0v) is 14.3. The Hall–Kier alpha value is -3.50. The number of amides is 1. The highest BCUT2D eigenvalue weighted by molar-refractivity contribution is 6.01. The molecular weight excluding hydrogens is 404 g/mol. The van der Waals surface area contributed by atoms with Crippen molar-refractivity contribution in [1.29, 1.82) is 0 Å². The van der Waals surface area contributed by atoms with Gasteiger partial charge < -0.3 is 9.73 Å². The molecule has 2 heterocycles. The fourth-order valence-corrected chi connectivity index (χ4v) is 2.39. The first-order chi connectivity index (χ1) is 13.5. The molecule has 0 aliphatic carbocycles. The lowest BCUT2D eigenvalue weighted by atomic mass is 10.1. The highest BCUT2D eigenvalue weighted by Crippen LogP contribution is 2.38. The van der Waals surface area contributed by atoms with Gasteiger partial charge in [0.25, 0.3) is 0 Å². The molecule has 0 radical (unpaired) electrons. The third-order valence-corrected chi connectivity index (χ3v) is 3.67. The normalized spacial score (nSPS) is 12.5. The fourth-order valence-electron chi connectivity index (χ4n) is 2.39. The van der Waals surface area contributed by atoms with Crippen molar-refractivity contribution in [3.8, 4) is 5.69 Å². The molecular formula is C18H11F6N3O2. The molecule has 0 bridgehead atoms. The second-order valence-electron chi connectivity index (χ2n) is 5.74. The van der Waals surface area contributed by atoms with Crippen LogP contribution in [0.25, 0.3) is 11.8 Å². The number of nitrogens with one attached hydrogen (secondary N) is 1. The average Bonchev–Trinajstić information content (AvgIpc) is 3.30. The van der Waals surface area contributed by atoms with Gasteiger partial charge in [0.05, 0.1) is 41.2 Å². The quantitative estimate of drug-likeness (QED) is 0.473. The lowest BCUT2D eigenvalue weighted by molar-refractivity contribution is -0.143. The number of rotatable bonds is 4. The SMILES string of the molecule is O=C(/C=C/c1ccco1)Nc1cnn(-c2ccc(C(F)(F)F)cc2C(F)(F)F)c1. The van der Waals surface area contributed by atoms with E-state index in [0.29, 0.717) is 17.9 Å². The molecule has 0 aliphatic rings. The Morgan fingerprint density at radius 3 is 2.48 bits per heavy atom. The summed E-state index contributed by atoms with van der Waals surface area (Å²) in [4.78, 5) is 11.9. The van der Waals surface area contributed by atoms with Crippen LogP contribution >= 0.6 is 0 Å². The Balaban J connectivity index is 1.85. The van der Waals surface area contributed by atoms with Gasteiger partial charge in [0.15, 0.2) is 0 Å². The monoisotopic (exact) mass is 415 g/mol. The number of nitrogens with zero attached hydrogens (tertiary/aromatic N) is 2. The molecule has 29 heavy (non-hydrogen) atoms. The Kier molecular flexibility index (Phi) is 5.23. The van der Waals surface area contributed by atoms with Crippen LogP contribution in [-0.4, -0.2) is 15.7 Å². The van der Waals surface area contributed by atoms with E-state index in [4.69, 9.17) is 4.42 Å². The number of carbonyl (C=O) groups excluding carboxylic acids is 1. The van der Waals surface area contributed by atoms with Crippen LogP contribution in [0.15, 0.2) is 59.5 Å². The summed E-state index contributed by atoms with van der Waals surface area (Å²) < 4.78 is 83.8. The van der Waals surface area contributed by atoms with Gasteiger partial charge >= 0.3 is 12.4 Å². The van der Waals surface area contributed by atoms with E-state index in [9.17, 15) is 31.1 Å². The molecule has 0 aliphatic heterocycles. The Labute approximate surface area is 159 Å². The maximum atomic E-state index is 13.3. The third-order valence-electron chi connectivity index (χ3n) is 3.67. The van der Waals surface area contributed by atoms with E-state index in [1.807, 2.05) is 0 Å². The van der Waals surface area contributed by atoms with Crippen LogP contribution in [0.5, 0.6) is 0 Å². The highest BCUT2D eigenvalue weighted by Gasteiger charge is 2.38. The van der Waals surface area contributed by atoms with E-state index in [0.717, 1.165) is 23.2 Å². The zero-order chi connectivity index (χ0) is 21.2. The first-order valence-corrected chi connectivity index (χ1v) is 7.90. The van der Waals surface area contributed by atoms with Gasteiger partial charge in [-0.25, -0.2) is 4.68 Å². The second-order valence-corrected chi connectivity index (χ2v) is 5.74. The smallest absolute Gasteiger partial charge is 0.418 e. The van der Waals surface area contributed by atoms with Crippen LogP contribution in [0, 0.1) is 0 Å². The molecule has 0 fully saturated rings. The molecule has 1 N–H and O–H groups in total. The molecule has 0 saturated carbocycles. The predicted molar refractivity (Wildman–Crippen MR) is 89.9 cm³/mol. The van der Waals surface area contributed by atoms with Crippen LogP contribution in [0.3, 0.4) is 0 Å². The van der Waals surface area contributed by atoms with Crippen molar-refractivity contribution in [2.45, 2.75) is 12.4 Å². The largest absolute Gasteiger partial charge is 0.465 e. The maximum absolute atomic E-state index is 13.3. The maximum Gasteiger partial charge on any atom is 0.418 e. The van der Waals surface area contributed by atoms with Crippen LogP contribution in [0.4, 0.5) is 32.0 Å². The van der Waals surface area contributed by atoms with Gasteiger partial charge in [-0.1, -0.05) is 0 Å². The van der Waals surface area contributed by atoms with Crippen molar-refractivity contribution >= 4 is 17.7 Å². The molecule has 1 amide bonds. The topological polar surface area (TPSA) is 60.1 Å². The lowest BCUT2D eigenvalue weighted by Gasteiger charge is -2.15. The van der Waals surface area contributed by atoms with Gasteiger partial charge in [-0.2, -0.15) is 31.4 Å². The van der Waals surface area contributed by atoms with Gasteiger partial charge in [0.2, 0.25) is 5.91 Å². The molecule has 0 unspecified atom stereocenters. The number of aromatic nitrogens is 2. The van der Waals surface area contributed by atoms with Crippen molar-refractivity contribution in [3.63, 3.8) is 0 Å². The molecule has 0 spiro atoms. The van der Waals surface area contributed by atoms with Crippen LogP contribution in [0.2, 0.25) is 0 Å². The number of furan rings is 1. The summed E-state index contributed by atoms with van der Waals surface area (Å²) in [5, 5.41) is 6.07. The summed E-state index contributed by atoms with van der Waals surface area (Å²) in [5.41, 5.74) is -3.51. The molecule has 0 saturated heterocycles. The second kappa shape index (κ2) is 7.49. The van der Waals surface area contributed by atoms with E-state index in [1.165, 1.54) is 12.3 Å². The minimum atomic E-state index is -5.04. The van der Waals surface area contributed by atoms with Crippen molar-refractivity contribution in [1.82, 2.24) is 9.78 Å². The van der Waals surface area contributed by atoms with Crippen molar-refractivity contribution in [2.75, 3.05) is 5.32 Å². The Bertz CT molecular complexity index is 1030. The average molecular weight is 415 g/mol. The molecule has 3 rings (SSSR count). The number of hydrogen-bond acceptors (Lipinski definition) is 3. The first kappa shape index (κ1) is 20.2. The summed E-state index contributed by atoms with van der Waals surface area (Å²) in [6, 6.07) is 4.42. The van der Waals surface area contributed by atoms with Gasteiger partial charge in [0.1, 0.15) is 5.76 Å². The van der Waals surface area contributed by atoms with Crippen LogP contribution in [0.1, 0.15) is 16.9 Å². The zero-order valence-electron chi connectivity index (χ0n) is 14.3. The summed E-state index contributed by atoms with van der Waals surface area (Å²) in [6.45, 7) is 0. The van der Waals surface area contributed by atoms with Gasteiger partial charge in [-0.3, -0.25) is 4.79 Å². The van der Waals surface area contributed by atoms with Gasteiger partial charge in [0, 0.05) is 6.08 Å². The minimum Gasteiger partial charge on any atom is -0.465 e. The van der Waals surface area contributed by atoms with Crippen molar-refractivity contribution in [2.24, 2.45) is 0 Å². The number of halogens is 6. The van der Waals surface area contributed by atoms with Crippen molar-refractivity contribution < 1.29 is 35.6 Å². The molecule has 5 nitrogen and oxygen atoms in total. The summed E-state index contributed by atoms with van der Waals surface area (Å²) in [7, 11) is 0. The number of carbonyl (C=O) groups is 1. The first-order valence-electron chi connectivity index (χ1n) is 7.90. The van der Waals surface area contributed by atoms with Crippen LogP contribution in [-0.2, 0) is 17.1 Å². The summed E-state index contributed by atoms with van der Waals surface area (Å²) in [5.74, 6) is -0.195. The summed E-state index contributed by atoms with van der Waals surface area (Å²) in [6.07, 6.45) is -3.94. The minimum absolute atomic E-state index is 0.0152. The highest BCUT2D eigenvalue weighted by atomic mass is 19.4. The molecule has 11 heteroatoms. The van der Waals surface area contributed by atoms with E-state index in [2.05, 4.69) is 10.4 Å². The summed E-state index contributed by atoms with van der Waals surface area (Å²) >= 11 is 0. The van der Waals surface area contributed by atoms with Gasteiger partial charge in [-0.05, 0) is 36.4 Å². The number of hydrogen-bond donors (Lipinski definition) is 1. The Morgan fingerprint density at radius 2 is 1.86 bits per heavy atom. The molecule has 3 aromatic rings. The van der Waals surface area contributed by atoms with Crippen LogP contribution < -0.4 is 5.32 Å².